The number of halogens is 1. The number of nitrogens with one attached hydrogen (secondary N) is 1. The fourth-order valence-electron chi connectivity index (χ4n) is 3.55. The Morgan fingerprint density at radius 2 is 1.92 bits per heavy atom. The van der Waals surface area contributed by atoms with E-state index in [0.717, 1.165) is 17.1 Å². The second kappa shape index (κ2) is 6.37. The minimum atomic E-state index is -0.311. The molecule has 0 saturated carbocycles. The van der Waals surface area contributed by atoms with E-state index in [0.29, 0.717) is 30.1 Å². The van der Waals surface area contributed by atoms with Crippen LogP contribution in [0.2, 0.25) is 0 Å². The molecule has 4 rings (SSSR count). The molecule has 5 nitrogen and oxygen atoms in total. The smallest absolute Gasteiger partial charge is 0.221 e. The zero-order chi connectivity index (χ0) is 18.3. The molecule has 2 heterocycles. The fraction of sp³-hybridized carbons (Fsp3) is 0.250. The predicted molar refractivity (Wildman–Crippen MR) is 102 cm³/mol. The average Bonchev–Trinajstić information content (AvgIpc) is 2.89. The fourth-order valence-corrected chi connectivity index (χ4v) is 3.55. The van der Waals surface area contributed by atoms with Gasteiger partial charge in [0, 0.05) is 23.7 Å². The van der Waals surface area contributed by atoms with Gasteiger partial charge in [0.15, 0.2) is 0 Å². The van der Waals surface area contributed by atoms with Gasteiger partial charge in [-0.3, -0.25) is 14.8 Å². The summed E-state index contributed by atoms with van der Waals surface area (Å²) in [4.78, 5) is 22.9. The Bertz CT molecular complexity index is 951. The number of rotatable bonds is 2. The van der Waals surface area contributed by atoms with Crippen molar-refractivity contribution in [2.24, 2.45) is 9.98 Å². The van der Waals surface area contributed by atoms with E-state index in [1.807, 2.05) is 25.1 Å². The van der Waals surface area contributed by atoms with E-state index < -0.39 is 0 Å². The third-order valence-corrected chi connectivity index (χ3v) is 4.67. The highest BCUT2D eigenvalue weighted by Crippen LogP contribution is 2.33. The van der Waals surface area contributed by atoms with Gasteiger partial charge in [0.25, 0.3) is 0 Å². The summed E-state index contributed by atoms with van der Waals surface area (Å²) < 4.78 is 14.5. The van der Waals surface area contributed by atoms with Crippen molar-refractivity contribution in [2.75, 3.05) is 23.3 Å². The summed E-state index contributed by atoms with van der Waals surface area (Å²) >= 11 is 0. The van der Waals surface area contributed by atoms with E-state index in [2.05, 4.69) is 15.2 Å². The molecule has 0 aromatic heterocycles. The van der Waals surface area contributed by atoms with Crippen LogP contribution in [0.15, 0.2) is 52.4 Å². The Labute approximate surface area is 151 Å². The summed E-state index contributed by atoms with van der Waals surface area (Å²) in [5, 5.41) is 2.80. The zero-order valence-electron chi connectivity index (χ0n) is 14.7. The minimum Gasteiger partial charge on any atom is -0.326 e. The van der Waals surface area contributed by atoms with Crippen LogP contribution in [0.1, 0.15) is 25.0 Å². The molecule has 0 aliphatic carbocycles. The Kier molecular flexibility index (Phi) is 4.03. The molecular weight excluding hydrogens is 331 g/mol. The number of amidine groups is 1. The number of fused-ring (bicyclic) bond motifs is 3. The van der Waals surface area contributed by atoms with Crippen LogP contribution in [-0.4, -0.2) is 36.6 Å². The van der Waals surface area contributed by atoms with Crippen LogP contribution in [0, 0.1) is 5.82 Å². The number of hydrogen-bond acceptors (Lipinski definition) is 4. The van der Waals surface area contributed by atoms with Gasteiger partial charge in [-0.25, -0.2) is 4.39 Å². The Morgan fingerprint density at radius 3 is 2.69 bits per heavy atom. The summed E-state index contributed by atoms with van der Waals surface area (Å²) in [5.41, 5.74) is 3.45. The highest BCUT2D eigenvalue weighted by atomic mass is 19.1. The second-order valence-corrected chi connectivity index (χ2v) is 6.49. The van der Waals surface area contributed by atoms with E-state index in [1.54, 1.807) is 18.2 Å². The molecule has 0 bridgehead atoms. The molecule has 26 heavy (non-hydrogen) atoms. The van der Waals surface area contributed by atoms with Crippen LogP contribution >= 0.6 is 0 Å². The molecule has 0 saturated heterocycles. The van der Waals surface area contributed by atoms with Crippen LogP contribution in [0.5, 0.6) is 0 Å². The van der Waals surface area contributed by atoms with Gasteiger partial charge >= 0.3 is 0 Å². The molecule has 1 N–H and O–H groups in total. The first-order valence-electron chi connectivity index (χ1n) is 8.56. The number of amides is 1. The number of carbonyl (C=O) groups is 1. The maximum Gasteiger partial charge on any atom is 0.221 e. The number of aliphatic imine (C=N–C) groups is 2. The van der Waals surface area contributed by atoms with Crippen molar-refractivity contribution in [3.63, 3.8) is 0 Å². The first-order chi connectivity index (χ1) is 12.5. The summed E-state index contributed by atoms with van der Waals surface area (Å²) in [7, 11) is 0. The van der Waals surface area contributed by atoms with Gasteiger partial charge < -0.3 is 10.2 Å². The van der Waals surface area contributed by atoms with E-state index in [1.165, 1.54) is 13.0 Å². The van der Waals surface area contributed by atoms with Gasteiger partial charge in [0.2, 0.25) is 5.91 Å². The third-order valence-electron chi connectivity index (χ3n) is 4.67. The van der Waals surface area contributed by atoms with Gasteiger partial charge in [-0.1, -0.05) is 12.1 Å². The van der Waals surface area contributed by atoms with Gasteiger partial charge in [-0.05, 0) is 37.3 Å². The molecule has 132 valence electrons. The summed E-state index contributed by atoms with van der Waals surface area (Å²) in [6, 6.07) is 12.4. The van der Waals surface area contributed by atoms with E-state index in [4.69, 9.17) is 4.99 Å². The molecule has 1 unspecified atom stereocenters. The van der Waals surface area contributed by atoms with E-state index in [-0.39, 0.29) is 17.8 Å². The first kappa shape index (κ1) is 16.4. The highest BCUT2D eigenvalue weighted by Gasteiger charge is 2.32. The third kappa shape index (κ3) is 2.77. The normalized spacial score (nSPS) is 18.4. The van der Waals surface area contributed by atoms with Gasteiger partial charge in [-0.15, -0.1) is 0 Å². The van der Waals surface area contributed by atoms with Gasteiger partial charge in [0.05, 0.1) is 30.5 Å². The van der Waals surface area contributed by atoms with Crippen molar-refractivity contribution in [1.29, 1.82) is 0 Å². The van der Waals surface area contributed by atoms with Crippen molar-refractivity contribution in [1.82, 2.24) is 0 Å². The molecule has 0 fully saturated rings. The molecule has 2 aromatic rings. The van der Waals surface area contributed by atoms with Gasteiger partial charge in [-0.2, -0.15) is 0 Å². The van der Waals surface area contributed by atoms with E-state index in [9.17, 15) is 9.18 Å². The number of carbonyl (C=O) groups excluding carboxylic acids is 1. The van der Waals surface area contributed by atoms with Crippen molar-refractivity contribution >= 4 is 28.8 Å². The lowest BCUT2D eigenvalue weighted by atomic mass is 9.99. The lowest BCUT2D eigenvalue weighted by molar-refractivity contribution is -0.114. The van der Waals surface area contributed by atoms with Crippen molar-refractivity contribution in [3.05, 3.63) is 59.4 Å². The Balaban J connectivity index is 1.91. The predicted octanol–water partition coefficient (Wildman–Crippen LogP) is 3.24. The lowest BCUT2D eigenvalue weighted by Crippen LogP contribution is -2.37. The standard InChI is InChI=1S/C20H19FN4O/c1-12-22-10-15-11-23-20(16-5-3-4-6-18(16)21)17-9-14(24-13(2)26)7-8-19(17)25(12)15/h3-9,15H,10-11H2,1-2H3,(H,24,26). The SMILES string of the molecule is CC(=O)Nc1ccc2c(c1)C(c1ccccc1F)=NCC1CN=C(C)N21. The van der Waals surface area contributed by atoms with E-state index >= 15 is 0 Å². The maximum absolute atomic E-state index is 14.5. The van der Waals surface area contributed by atoms with Crippen molar-refractivity contribution in [3.8, 4) is 0 Å². The zero-order valence-corrected chi connectivity index (χ0v) is 14.7. The number of benzene rings is 2. The number of nitrogens with zero attached hydrogens (tertiary/aromatic N) is 3. The minimum absolute atomic E-state index is 0.129. The topological polar surface area (TPSA) is 57.1 Å². The molecule has 2 aliphatic heterocycles. The Hall–Kier alpha value is -3.02. The Morgan fingerprint density at radius 1 is 1.15 bits per heavy atom. The second-order valence-electron chi connectivity index (χ2n) is 6.49. The molecule has 1 atom stereocenters. The quantitative estimate of drug-likeness (QED) is 0.904. The summed E-state index contributed by atoms with van der Waals surface area (Å²) in [5.74, 6) is 0.461. The maximum atomic E-state index is 14.5. The van der Waals surface area contributed by atoms with Crippen LogP contribution in [0.4, 0.5) is 15.8 Å². The van der Waals surface area contributed by atoms with Crippen LogP contribution in [0.25, 0.3) is 0 Å². The molecular formula is C20H19FN4O. The lowest BCUT2D eigenvalue weighted by Gasteiger charge is -2.26. The highest BCUT2D eigenvalue weighted by molar-refractivity contribution is 6.19. The van der Waals surface area contributed by atoms with Gasteiger partial charge in [0.1, 0.15) is 11.7 Å². The van der Waals surface area contributed by atoms with Crippen LogP contribution in [0.3, 0.4) is 0 Å². The largest absolute Gasteiger partial charge is 0.326 e. The monoisotopic (exact) mass is 350 g/mol. The summed E-state index contributed by atoms with van der Waals surface area (Å²) in [6.45, 7) is 4.64. The summed E-state index contributed by atoms with van der Waals surface area (Å²) in [6.07, 6.45) is 0. The molecule has 2 aromatic carbocycles. The average molecular weight is 350 g/mol. The van der Waals surface area contributed by atoms with Crippen LogP contribution in [-0.2, 0) is 4.79 Å². The number of hydrogen-bond donors (Lipinski definition) is 1. The molecule has 0 radical (unpaired) electrons. The molecule has 1 amide bonds. The number of anilines is 2. The first-order valence-corrected chi connectivity index (χ1v) is 8.56. The molecule has 6 heteroatoms. The van der Waals surface area contributed by atoms with Crippen LogP contribution < -0.4 is 10.2 Å². The van der Waals surface area contributed by atoms with Crippen molar-refractivity contribution in [2.45, 2.75) is 19.9 Å². The molecule has 2 aliphatic rings. The molecule has 0 spiro atoms. The van der Waals surface area contributed by atoms with Crippen molar-refractivity contribution < 1.29 is 9.18 Å².